The molecule has 0 aromatic heterocycles. The minimum Gasteiger partial charge on any atom is -0.508 e. The molecule has 0 atom stereocenters. The molecule has 0 aliphatic rings. The first kappa shape index (κ1) is 14.5. The Bertz CT molecular complexity index is 686. The number of carbonyl (C=O) groups excluding carboxylic acids is 1. The van der Waals surface area contributed by atoms with Crippen LogP contribution in [0.5, 0.6) is 5.75 Å². The number of amides is 1. The van der Waals surface area contributed by atoms with Crippen molar-refractivity contribution in [3.8, 4) is 5.75 Å². The molecule has 0 unspecified atom stereocenters. The Labute approximate surface area is 124 Å². The predicted molar refractivity (Wildman–Crippen MR) is 79.6 cm³/mol. The van der Waals surface area contributed by atoms with Crippen LogP contribution < -0.4 is 5.32 Å². The lowest BCUT2D eigenvalue weighted by atomic mass is 10.1. The van der Waals surface area contributed by atoms with Gasteiger partial charge in [0, 0.05) is 16.8 Å². The maximum Gasteiger partial charge on any atom is 0.256 e. The minimum atomic E-state index is -0.446. The number of halogens is 2. The topological polar surface area (TPSA) is 49.3 Å². The van der Waals surface area contributed by atoms with Crippen molar-refractivity contribution >= 4 is 27.5 Å². The highest BCUT2D eigenvalue weighted by Gasteiger charge is 2.13. The van der Waals surface area contributed by atoms with Crippen LogP contribution in [0.1, 0.15) is 21.5 Å². The van der Waals surface area contributed by atoms with Gasteiger partial charge in [-0.25, -0.2) is 4.39 Å². The molecule has 0 saturated carbocycles. The third-order valence-corrected chi connectivity index (χ3v) is 3.67. The first-order valence-electron chi connectivity index (χ1n) is 5.95. The minimum absolute atomic E-state index is 0.0522. The molecule has 2 rings (SSSR count). The van der Waals surface area contributed by atoms with Crippen molar-refractivity contribution in [2.24, 2.45) is 0 Å². The zero-order valence-corrected chi connectivity index (χ0v) is 12.6. The van der Waals surface area contributed by atoms with Crippen molar-refractivity contribution < 1.29 is 14.3 Å². The molecule has 5 heteroatoms. The van der Waals surface area contributed by atoms with E-state index >= 15 is 0 Å². The van der Waals surface area contributed by atoms with Crippen molar-refractivity contribution in [2.45, 2.75) is 13.8 Å². The van der Waals surface area contributed by atoms with E-state index in [2.05, 4.69) is 21.2 Å². The van der Waals surface area contributed by atoms with Gasteiger partial charge in [-0.15, -0.1) is 0 Å². The Morgan fingerprint density at radius 1 is 1.30 bits per heavy atom. The summed E-state index contributed by atoms with van der Waals surface area (Å²) >= 11 is 3.09. The van der Waals surface area contributed by atoms with Crippen LogP contribution in [0.3, 0.4) is 0 Å². The average molecular weight is 338 g/mol. The molecule has 3 nitrogen and oxygen atoms in total. The zero-order valence-electron chi connectivity index (χ0n) is 11.0. The second-order valence-electron chi connectivity index (χ2n) is 4.49. The Balaban J connectivity index is 2.33. The summed E-state index contributed by atoms with van der Waals surface area (Å²) in [7, 11) is 0. The first-order chi connectivity index (χ1) is 9.40. The van der Waals surface area contributed by atoms with Crippen molar-refractivity contribution in [3.63, 3.8) is 0 Å². The van der Waals surface area contributed by atoms with Gasteiger partial charge in [-0.2, -0.15) is 0 Å². The lowest BCUT2D eigenvalue weighted by molar-refractivity contribution is 0.102. The predicted octanol–water partition coefficient (Wildman–Crippen LogP) is 4.16. The van der Waals surface area contributed by atoms with Gasteiger partial charge in [-0.3, -0.25) is 4.79 Å². The van der Waals surface area contributed by atoms with E-state index in [1.165, 1.54) is 12.1 Å². The summed E-state index contributed by atoms with van der Waals surface area (Å²) in [5.74, 6) is -0.780. The maximum atomic E-state index is 13.5. The number of benzene rings is 2. The van der Waals surface area contributed by atoms with Crippen molar-refractivity contribution in [3.05, 3.63) is 57.3 Å². The highest BCUT2D eigenvalue weighted by molar-refractivity contribution is 9.10. The fraction of sp³-hybridized carbons (Fsp3) is 0.133. The molecule has 0 heterocycles. The largest absolute Gasteiger partial charge is 0.508 e. The molecule has 0 aliphatic heterocycles. The molecule has 0 aliphatic carbocycles. The fourth-order valence-electron chi connectivity index (χ4n) is 1.84. The summed E-state index contributed by atoms with van der Waals surface area (Å²) in [6, 6.07) is 7.56. The van der Waals surface area contributed by atoms with Crippen LogP contribution in [-0.4, -0.2) is 11.0 Å². The third-order valence-electron chi connectivity index (χ3n) is 3.07. The average Bonchev–Trinajstić information content (AvgIpc) is 2.39. The third kappa shape index (κ3) is 2.82. The summed E-state index contributed by atoms with van der Waals surface area (Å²) < 4.78 is 13.9. The normalized spacial score (nSPS) is 10.4. The first-order valence-corrected chi connectivity index (χ1v) is 6.75. The van der Waals surface area contributed by atoms with Crippen LogP contribution in [0.25, 0.3) is 0 Å². The number of phenolic OH excluding ortho intramolecular Hbond substituents is 1. The van der Waals surface area contributed by atoms with Crippen LogP contribution in [0.4, 0.5) is 10.1 Å². The van der Waals surface area contributed by atoms with Crippen LogP contribution >= 0.6 is 15.9 Å². The molecule has 0 fully saturated rings. The Morgan fingerprint density at radius 3 is 2.70 bits per heavy atom. The summed E-state index contributed by atoms with van der Waals surface area (Å²) in [4.78, 5) is 12.2. The molecule has 0 saturated heterocycles. The van der Waals surface area contributed by atoms with Gasteiger partial charge in [0.25, 0.3) is 5.91 Å². The van der Waals surface area contributed by atoms with Crippen molar-refractivity contribution in [1.82, 2.24) is 0 Å². The second kappa shape index (κ2) is 5.63. The smallest absolute Gasteiger partial charge is 0.256 e. The van der Waals surface area contributed by atoms with E-state index in [-0.39, 0.29) is 11.7 Å². The number of aryl methyl sites for hydroxylation is 1. The fourth-order valence-corrected chi connectivity index (χ4v) is 2.30. The number of nitrogens with one attached hydrogen (secondary N) is 1. The van der Waals surface area contributed by atoms with Gasteiger partial charge in [0.1, 0.15) is 11.6 Å². The Hall–Kier alpha value is -1.88. The number of aromatic hydroxyl groups is 1. The van der Waals surface area contributed by atoms with E-state index < -0.39 is 5.82 Å². The number of rotatable bonds is 2. The van der Waals surface area contributed by atoms with Crippen molar-refractivity contribution in [1.29, 1.82) is 0 Å². The maximum absolute atomic E-state index is 13.5. The van der Waals surface area contributed by atoms with Crippen LogP contribution in [0.2, 0.25) is 0 Å². The molecule has 2 N–H and O–H groups in total. The van der Waals surface area contributed by atoms with Gasteiger partial charge in [-0.05, 0) is 59.6 Å². The number of carbonyl (C=O) groups is 1. The van der Waals surface area contributed by atoms with E-state index in [0.717, 1.165) is 5.56 Å². The van der Waals surface area contributed by atoms with Gasteiger partial charge < -0.3 is 10.4 Å². The van der Waals surface area contributed by atoms with Crippen LogP contribution in [0.15, 0.2) is 34.8 Å². The molecule has 20 heavy (non-hydrogen) atoms. The molecule has 0 bridgehead atoms. The molecule has 0 spiro atoms. The van der Waals surface area contributed by atoms with E-state index in [4.69, 9.17) is 0 Å². The summed E-state index contributed by atoms with van der Waals surface area (Å²) in [5, 5.41) is 12.3. The van der Waals surface area contributed by atoms with Gasteiger partial charge in [-0.1, -0.05) is 6.07 Å². The number of phenols is 1. The molecule has 104 valence electrons. The van der Waals surface area contributed by atoms with E-state index in [9.17, 15) is 14.3 Å². The monoisotopic (exact) mass is 337 g/mol. The summed E-state index contributed by atoms with van der Waals surface area (Å²) in [5.41, 5.74) is 1.98. The van der Waals surface area contributed by atoms with E-state index in [0.29, 0.717) is 21.3 Å². The van der Waals surface area contributed by atoms with Gasteiger partial charge in [0.05, 0.1) is 4.47 Å². The van der Waals surface area contributed by atoms with Gasteiger partial charge in [0.15, 0.2) is 0 Å². The summed E-state index contributed by atoms with van der Waals surface area (Å²) in [6.07, 6.45) is 0. The standard InChI is InChI=1S/C15H13BrFNO2/c1-8-6-11(16)12(17)7-13(8)18-15(20)10-4-3-5-14(19)9(10)2/h3-7,19H,1-2H3,(H,18,20). The van der Waals surface area contributed by atoms with Crippen molar-refractivity contribution in [2.75, 3.05) is 5.32 Å². The molecule has 1 amide bonds. The second-order valence-corrected chi connectivity index (χ2v) is 5.34. The zero-order chi connectivity index (χ0) is 14.9. The Kier molecular flexibility index (Phi) is 4.09. The van der Waals surface area contributed by atoms with Crippen LogP contribution in [0, 0.1) is 19.7 Å². The number of hydrogen-bond acceptors (Lipinski definition) is 2. The molecule has 0 radical (unpaired) electrons. The quantitative estimate of drug-likeness (QED) is 0.864. The number of anilines is 1. The molecule has 2 aromatic carbocycles. The van der Waals surface area contributed by atoms with Gasteiger partial charge in [0.2, 0.25) is 0 Å². The lowest BCUT2D eigenvalue weighted by Gasteiger charge is -2.11. The molecular weight excluding hydrogens is 325 g/mol. The molecular formula is C15H13BrFNO2. The van der Waals surface area contributed by atoms with Crippen LogP contribution in [-0.2, 0) is 0 Å². The van der Waals surface area contributed by atoms with E-state index in [1.807, 2.05) is 0 Å². The Morgan fingerprint density at radius 2 is 2.00 bits per heavy atom. The molecule has 2 aromatic rings. The highest BCUT2D eigenvalue weighted by Crippen LogP contribution is 2.25. The summed E-state index contributed by atoms with van der Waals surface area (Å²) in [6.45, 7) is 3.43. The number of hydrogen-bond donors (Lipinski definition) is 2. The highest BCUT2D eigenvalue weighted by atomic mass is 79.9. The SMILES string of the molecule is Cc1cc(Br)c(F)cc1NC(=O)c1cccc(O)c1C. The van der Waals surface area contributed by atoms with Gasteiger partial charge >= 0.3 is 0 Å². The lowest BCUT2D eigenvalue weighted by Crippen LogP contribution is -2.14. The van der Waals surface area contributed by atoms with E-state index in [1.54, 1.807) is 32.0 Å².